The molecule has 0 heterocycles. The summed E-state index contributed by atoms with van der Waals surface area (Å²) in [7, 11) is -1.74. The van der Waals surface area contributed by atoms with Crippen LogP contribution >= 0.6 is 0 Å². The molecule has 1 atom stereocenters. The highest BCUT2D eigenvalue weighted by molar-refractivity contribution is 8.30. The van der Waals surface area contributed by atoms with Gasteiger partial charge in [-0.2, -0.15) is 0 Å². The first kappa shape index (κ1) is 16.6. The maximum atomic E-state index is 12.5. The van der Waals surface area contributed by atoms with E-state index < -0.39 is 14.7 Å². The Morgan fingerprint density at radius 3 is 2.41 bits per heavy atom. The molecule has 0 saturated heterocycles. The molecule has 0 saturated carbocycles. The van der Waals surface area contributed by atoms with Crippen LogP contribution in [-0.2, 0) is 35.5 Å². The number of benzene rings is 2. The van der Waals surface area contributed by atoms with Crippen molar-refractivity contribution < 1.29 is 17.9 Å². The Morgan fingerprint density at radius 2 is 1.77 bits per heavy atom. The second kappa shape index (κ2) is 7.00. The lowest BCUT2D eigenvalue weighted by Gasteiger charge is -2.11. The van der Waals surface area contributed by atoms with Gasteiger partial charge in [-0.05, 0) is 30.7 Å². The van der Waals surface area contributed by atoms with E-state index >= 15 is 0 Å². The molecule has 0 aromatic heterocycles. The predicted molar refractivity (Wildman–Crippen MR) is 87.5 cm³/mol. The van der Waals surface area contributed by atoms with Gasteiger partial charge >= 0.3 is 5.97 Å². The van der Waals surface area contributed by atoms with E-state index in [4.69, 9.17) is 20.1 Å². The van der Waals surface area contributed by atoms with Gasteiger partial charge in [0.1, 0.15) is 0 Å². The van der Waals surface area contributed by atoms with Crippen LogP contribution in [0.5, 0.6) is 0 Å². The van der Waals surface area contributed by atoms with Crippen LogP contribution in [0.1, 0.15) is 21.5 Å². The van der Waals surface area contributed by atoms with Crippen molar-refractivity contribution in [2.24, 2.45) is 0 Å². The van der Waals surface area contributed by atoms with Gasteiger partial charge in [0.25, 0.3) is 0 Å². The molecule has 2 aromatic rings. The first-order valence-electron chi connectivity index (χ1n) is 6.56. The Balaban J connectivity index is 2.19. The molecule has 0 radical (unpaired) electrons. The number of aryl methyl sites for hydroxylation is 1. The lowest BCUT2D eigenvalue weighted by molar-refractivity contribution is 0.0598. The highest BCUT2D eigenvalue weighted by atomic mass is 32.8. The van der Waals surface area contributed by atoms with Gasteiger partial charge in [0.05, 0.1) is 24.2 Å². The average molecular weight is 336 g/mol. The van der Waals surface area contributed by atoms with Crippen LogP contribution in [0.3, 0.4) is 0 Å². The zero-order chi connectivity index (χ0) is 16.2. The van der Waals surface area contributed by atoms with Crippen LogP contribution in [0.4, 0.5) is 0 Å². The molecule has 0 N–H and O–H groups in total. The SMILES string of the molecule is COC(=O)c1ccccc1COS(=O)(=S)c1ccc(C)cc1. The summed E-state index contributed by atoms with van der Waals surface area (Å²) < 4.78 is 22.6. The number of rotatable bonds is 5. The van der Waals surface area contributed by atoms with Gasteiger partial charge in [-0.25, -0.2) is 9.00 Å². The second-order valence-electron chi connectivity index (χ2n) is 4.68. The number of esters is 1. The highest BCUT2D eigenvalue weighted by Crippen LogP contribution is 2.18. The Hall–Kier alpha value is -1.76. The van der Waals surface area contributed by atoms with Gasteiger partial charge < -0.3 is 4.74 Å². The maximum Gasteiger partial charge on any atom is 0.338 e. The van der Waals surface area contributed by atoms with Gasteiger partial charge in [0, 0.05) is 11.2 Å². The minimum Gasteiger partial charge on any atom is -0.465 e. The molecule has 22 heavy (non-hydrogen) atoms. The molecule has 2 rings (SSSR count). The summed E-state index contributed by atoms with van der Waals surface area (Å²) in [5.41, 5.74) is 2.00. The molecule has 0 amide bonds. The van der Waals surface area contributed by atoms with Gasteiger partial charge in [0.15, 0.2) is 8.77 Å². The van der Waals surface area contributed by atoms with E-state index in [0.29, 0.717) is 16.0 Å². The fourth-order valence-corrected chi connectivity index (χ4v) is 3.23. The minimum absolute atomic E-state index is 0.0263. The molecule has 116 valence electrons. The van der Waals surface area contributed by atoms with Crippen molar-refractivity contribution in [2.45, 2.75) is 18.4 Å². The van der Waals surface area contributed by atoms with Crippen molar-refractivity contribution in [1.82, 2.24) is 0 Å². The Kier molecular flexibility index (Phi) is 5.28. The van der Waals surface area contributed by atoms with E-state index in [1.165, 1.54) is 7.11 Å². The zero-order valence-corrected chi connectivity index (χ0v) is 13.9. The van der Waals surface area contributed by atoms with Gasteiger partial charge in [0.2, 0.25) is 0 Å². The monoisotopic (exact) mass is 336 g/mol. The topological polar surface area (TPSA) is 52.6 Å². The average Bonchev–Trinajstić information content (AvgIpc) is 2.53. The number of carbonyl (C=O) groups excluding carboxylic acids is 1. The molecule has 4 nitrogen and oxygen atoms in total. The van der Waals surface area contributed by atoms with Gasteiger partial charge in [-0.15, -0.1) is 0 Å². The fraction of sp³-hybridized carbons (Fsp3) is 0.188. The van der Waals surface area contributed by atoms with E-state index in [9.17, 15) is 9.00 Å². The van der Waals surface area contributed by atoms with E-state index in [2.05, 4.69) is 0 Å². The normalized spacial score (nSPS) is 13.4. The Labute approximate surface area is 134 Å². The first-order chi connectivity index (χ1) is 10.4. The molecule has 0 aliphatic heterocycles. The number of methoxy groups -OCH3 is 1. The van der Waals surface area contributed by atoms with Crippen molar-refractivity contribution in [3.63, 3.8) is 0 Å². The van der Waals surface area contributed by atoms with Crippen molar-refractivity contribution in [3.8, 4) is 0 Å². The van der Waals surface area contributed by atoms with Gasteiger partial charge in [-0.1, -0.05) is 35.9 Å². The molecule has 0 aliphatic carbocycles. The smallest absolute Gasteiger partial charge is 0.338 e. The molecule has 2 aromatic carbocycles. The van der Waals surface area contributed by atoms with Crippen molar-refractivity contribution >= 4 is 25.9 Å². The largest absolute Gasteiger partial charge is 0.465 e. The molecule has 6 heteroatoms. The van der Waals surface area contributed by atoms with E-state index in [1.54, 1.807) is 36.4 Å². The summed E-state index contributed by atoms with van der Waals surface area (Å²) in [4.78, 5) is 12.1. The van der Waals surface area contributed by atoms with E-state index in [-0.39, 0.29) is 6.61 Å². The third kappa shape index (κ3) is 3.91. The summed E-state index contributed by atoms with van der Waals surface area (Å²) in [6.45, 7) is 1.91. The number of hydrogen-bond acceptors (Lipinski definition) is 5. The number of ether oxygens (including phenoxy) is 1. The van der Waals surface area contributed by atoms with Crippen LogP contribution in [0.2, 0.25) is 0 Å². The predicted octanol–water partition coefficient (Wildman–Crippen LogP) is 3.02. The second-order valence-corrected chi connectivity index (χ2v) is 7.61. The minimum atomic E-state index is -3.04. The maximum absolute atomic E-state index is 12.5. The Morgan fingerprint density at radius 1 is 1.14 bits per heavy atom. The van der Waals surface area contributed by atoms with Crippen LogP contribution in [0.25, 0.3) is 0 Å². The molecular weight excluding hydrogens is 320 g/mol. The number of carbonyl (C=O) groups is 1. The lowest BCUT2D eigenvalue weighted by Crippen LogP contribution is -2.10. The van der Waals surface area contributed by atoms with Crippen LogP contribution in [-0.4, -0.2) is 17.3 Å². The van der Waals surface area contributed by atoms with Crippen molar-refractivity contribution in [2.75, 3.05) is 7.11 Å². The molecule has 0 aliphatic rings. The number of hydrogen-bond donors (Lipinski definition) is 0. The molecule has 0 fully saturated rings. The van der Waals surface area contributed by atoms with Crippen molar-refractivity contribution in [1.29, 1.82) is 0 Å². The summed E-state index contributed by atoms with van der Waals surface area (Å²) >= 11 is 5.08. The fourth-order valence-electron chi connectivity index (χ4n) is 1.87. The molecule has 0 bridgehead atoms. The van der Waals surface area contributed by atoms with E-state index in [1.807, 2.05) is 19.1 Å². The lowest BCUT2D eigenvalue weighted by atomic mass is 10.1. The van der Waals surface area contributed by atoms with Gasteiger partial charge in [-0.3, -0.25) is 4.18 Å². The third-order valence-electron chi connectivity index (χ3n) is 3.10. The summed E-state index contributed by atoms with van der Waals surface area (Å²) in [6.07, 6.45) is 0. The van der Waals surface area contributed by atoms with E-state index in [0.717, 1.165) is 5.56 Å². The van der Waals surface area contributed by atoms with Crippen LogP contribution in [0, 0.1) is 6.92 Å². The zero-order valence-electron chi connectivity index (χ0n) is 12.3. The summed E-state index contributed by atoms with van der Waals surface area (Å²) in [6, 6.07) is 13.9. The van der Waals surface area contributed by atoms with Crippen molar-refractivity contribution in [3.05, 3.63) is 65.2 Å². The third-order valence-corrected chi connectivity index (χ3v) is 5.25. The van der Waals surface area contributed by atoms with Crippen LogP contribution in [0.15, 0.2) is 53.4 Å². The molecule has 0 spiro atoms. The Bertz CT molecular complexity index is 765. The quantitative estimate of drug-likeness (QED) is 0.786. The first-order valence-corrected chi connectivity index (χ1v) is 8.97. The molecule has 1 unspecified atom stereocenters. The standard InChI is InChI=1S/C16H16O4S2/c1-12-7-9-14(10-8-12)22(18,21)20-11-13-5-3-4-6-15(13)16(17)19-2/h3-10H,11H2,1-2H3. The molecular formula is C16H16O4S2. The summed E-state index contributed by atoms with van der Waals surface area (Å²) in [5.74, 6) is -0.467. The van der Waals surface area contributed by atoms with Crippen LogP contribution < -0.4 is 0 Å². The summed E-state index contributed by atoms with van der Waals surface area (Å²) in [5, 5.41) is 0. The highest BCUT2D eigenvalue weighted by Gasteiger charge is 2.15.